The Morgan fingerprint density at radius 2 is 1.58 bits per heavy atom. The number of rotatable bonds is 16. The van der Waals surface area contributed by atoms with E-state index in [0.29, 0.717) is 13.0 Å². The van der Waals surface area contributed by atoms with Crippen LogP contribution in [0.25, 0.3) is 0 Å². The van der Waals surface area contributed by atoms with Crippen LogP contribution in [0.1, 0.15) is 93.9 Å². The summed E-state index contributed by atoms with van der Waals surface area (Å²) in [6.07, 6.45) is 8.46. The van der Waals surface area contributed by atoms with Gasteiger partial charge in [0.15, 0.2) is 11.9 Å². The van der Waals surface area contributed by atoms with E-state index in [-0.39, 0.29) is 12.2 Å². The van der Waals surface area contributed by atoms with Crippen LogP contribution in [0.4, 0.5) is 0 Å². The van der Waals surface area contributed by atoms with Crippen molar-refractivity contribution >= 4 is 11.8 Å². The summed E-state index contributed by atoms with van der Waals surface area (Å²) in [4.78, 5) is 25.7. The molecule has 5 nitrogen and oxygen atoms in total. The first kappa shape index (κ1) is 28.1. The van der Waals surface area contributed by atoms with Gasteiger partial charge in [-0.05, 0) is 49.8 Å². The zero-order valence-corrected chi connectivity index (χ0v) is 22.2. The maximum atomic E-state index is 14.2. The Bertz CT molecular complexity index is 994. The number of carboxylic acid groups (broad SMARTS) is 1. The number of hydrogen-bond donors (Lipinski definition) is 2. The maximum absolute atomic E-state index is 14.2. The third-order valence-corrected chi connectivity index (χ3v) is 7.65. The van der Waals surface area contributed by atoms with Crippen molar-refractivity contribution in [2.75, 3.05) is 6.61 Å². The number of benzene rings is 2. The lowest BCUT2D eigenvalue weighted by atomic mass is 9.73. The molecule has 5 heteroatoms. The molecule has 0 saturated heterocycles. The van der Waals surface area contributed by atoms with Crippen LogP contribution in [0.2, 0.25) is 0 Å². The summed E-state index contributed by atoms with van der Waals surface area (Å²) in [5.74, 6) is -0.862. The van der Waals surface area contributed by atoms with E-state index in [1.807, 2.05) is 24.3 Å². The van der Waals surface area contributed by atoms with Gasteiger partial charge >= 0.3 is 5.97 Å². The molecule has 2 unspecified atom stereocenters. The number of ketones is 1. The van der Waals surface area contributed by atoms with Gasteiger partial charge in [0.05, 0.1) is 5.41 Å². The van der Waals surface area contributed by atoms with E-state index in [1.165, 1.54) is 24.8 Å². The van der Waals surface area contributed by atoms with Crippen LogP contribution in [0.15, 0.2) is 48.5 Å². The van der Waals surface area contributed by atoms with Gasteiger partial charge in [-0.15, -0.1) is 0 Å². The lowest BCUT2D eigenvalue weighted by molar-refractivity contribution is -0.149. The molecule has 1 aliphatic rings. The highest BCUT2D eigenvalue weighted by molar-refractivity contribution is 6.00. The number of Topliss-reactive ketones (excluding diaryl/α,β-unsaturated/α-hetero) is 1. The number of aliphatic carboxylic acids is 1. The molecule has 0 aliphatic heterocycles. The van der Waals surface area contributed by atoms with Crippen LogP contribution in [-0.4, -0.2) is 29.6 Å². The number of carbonyl (C=O) groups excluding carboxylic acids is 1. The summed E-state index contributed by atoms with van der Waals surface area (Å²) >= 11 is 0. The molecule has 3 N–H and O–H groups in total. The molecule has 196 valence electrons. The van der Waals surface area contributed by atoms with Crippen molar-refractivity contribution in [3.63, 3.8) is 0 Å². The van der Waals surface area contributed by atoms with Gasteiger partial charge in [0.1, 0.15) is 5.54 Å². The molecule has 0 radical (unpaired) electrons. The fourth-order valence-electron chi connectivity index (χ4n) is 5.22. The molecule has 1 aliphatic carbocycles. The van der Waals surface area contributed by atoms with Crippen LogP contribution in [0.5, 0.6) is 0 Å². The fraction of sp³-hybridized carbons (Fsp3) is 0.548. The second kappa shape index (κ2) is 12.6. The molecule has 1 saturated carbocycles. The average molecular weight is 494 g/mol. The van der Waals surface area contributed by atoms with Crippen molar-refractivity contribution in [3.05, 3.63) is 70.8 Å². The summed E-state index contributed by atoms with van der Waals surface area (Å²) in [5.41, 5.74) is 9.40. The zero-order chi connectivity index (χ0) is 26.2. The van der Waals surface area contributed by atoms with Crippen molar-refractivity contribution in [1.82, 2.24) is 0 Å². The molecule has 0 heterocycles. The highest BCUT2D eigenvalue weighted by atomic mass is 16.5. The summed E-state index contributed by atoms with van der Waals surface area (Å²) < 4.78 is 5.37. The van der Waals surface area contributed by atoms with Gasteiger partial charge in [0, 0.05) is 13.0 Å². The van der Waals surface area contributed by atoms with Gasteiger partial charge in [0.2, 0.25) is 0 Å². The standard InChI is InChI=1S/C31H43NO4/c1-4-6-7-8-9-10-19-31(32,29(35)30(20-21-30)25-15-11-23(3)12-16-25)26-17-13-24(14-18-26)22-27(28(33)34)36-5-2/h11-18,27H,4-10,19-22,32H2,1-3H3,(H,33,34). The molecule has 1 fully saturated rings. The molecule has 0 spiro atoms. The average Bonchev–Trinajstić information content (AvgIpc) is 3.68. The Morgan fingerprint density at radius 1 is 0.972 bits per heavy atom. The molecule has 0 aromatic heterocycles. The first-order valence-electron chi connectivity index (χ1n) is 13.6. The van der Waals surface area contributed by atoms with Crippen LogP contribution < -0.4 is 5.73 Å². The highest BCUT2D eigenvalue weighted by Gasteiger charge is 2.57. The van der Waals surface area contributed by atoms with Gasteiger partial charge in [0.25, 0.3) is 0 Å². The third kappa shape index (κ3) is 6.63. The van der Waals surface area contributed by atoms with E-state index >= 15 is 0 Å². The first-order chi connectivity index (χ1) is 17.3. The minimum atomic E-state index is -1.07. The van der Waals surface area contributed by atoms with E-state index in [2.05, 4.69) is 38.1 Å². The number of ether oxygens (including phenoxy) is 1. The fourth-order valence-corrected chi connectivity index (χ4v) is 5.22. The molecule has 0 amide bonds. The monoisotopic (exact) mass is 493 g/mol. The molecule has 36 heavy (non-hydrogen) atoms. The second-order valence-corrected chi connectivity index (χ2v) is 10.4. The molecule has 0 bridgehead atoms. The molecule has 2 atom stereocenters. The van der Waals surface area contributed by atoms with Crippen molar-refractivity contribution in [3.8, 4) is 0 Å². The predicted molar refractivity (Wildman–Crippen MR) is 144 cm³/mol. The largest absolute Gasteiger partial charge is 0.479 e. The van der Waals surface area contributed by atoms with Gasteiger partial charge in [-0.1, -0.05) is 99.5 Å². The van der Waals surface area contributed by atoms with Crippen molar-refractivity contribution < 1.29 is 19.4 Å². The lowest BCUT2D eigenvalue weighted by Crippen LogP contribution is -2.50. The lowest BCUT2D eigenvalue weighted by Gasteiger charge is -2.33. The Hall–Kier alpha value is -2.50. The summed E-state index contributed by atoms with van der Waals surface area (Å²) in [7, 11) is 0. The van der Waals surface area contributed by atoms with Crippen molar-refractivity contribution in [2.24, 2.45) is 5.73 Å². The Kier molecular flexibility index (Phi) is 9.86. The zero-order valence-electron chi connectivity index (χ0n) is 22.2. The minimum absolute atomic E-state index is 0.109. The summed E-state index contributed by atoms with van der Waals surface area (Å²) in [6.45, 7) is 6.39. The second-order valence-electron chi connectivity index (χ2n) is 10.4. The van der Waals surface area contributed by atoms with Crippen LogP contribution in [-0.2, 0) is 31.7 Å². The Labute approximate surface area is 216 Å². The molecular formula is C31H43NO4. The van der Waals surface area contributed by atoms with E-state index in [9.17, 15) is 14.7 Å². The van der Waals surface area contributed by atoms with Crippen molar-refractivity contribution in [2.45, 2.75) is 102 Å². The van der Waals surface area contributed by atoms with Gasteiger partial charge in [-0.3, -0.25) is 4.79 Å². The number of aryl methyl sites for hydroxylation is 1. The number of unbranched alkanes of at least 4 members (excludes halogenated alkanes) is 5. The third-order valence-electron chi connectivity index (χ3n) is 7.65. The topological polar surface area (TPSA) is 89.6 Å². The molecule has 3 rings (SSSR count). The van der Waals surface area contributed by atoms with Gasteiger partial charge in [-0.25, -0.2) is 4.79 Å². The minimum Gasteiger partial charge on any atom is -0.479 e. The maximum Gasteiger partial charge on any atom is 0.333 e. The summed E-state index contributed by atoms with van der Waals surface area (Å²) in [6, 6.07) is 15.9. The quantitative estimate of drug-likeness (QED) is 0.270. The van der Waals surface area contributed by atoms with Crippen molar-refractivity contribution in [1.29, 1.82) is 0 Å². The Balaban J connectivity index is 1.84. The number of carboxylic acids is 1. The van der Waals surface area contributed by atoms with E-state index in [4.69, 9.17) is 10.5 Å². The van der Waals surface area contributed by atoms with Gasteiger partial charge < -0.3 is 15.6 Å². The predicted octanol–water partition coefficient (Wildman–Crippen LogP) is 6.23. The molecular weight excluding hydrogens is 450 g/mol. The van der Waals surface area contributed by atoms with Crippen LogP contribution in [0, 0.1) is 6.92 Å². The number of nitrogens with two attached hydrogens (primary N) is 1. The smallest absolute Gasteiger partial charge is 0.333 e. The molecule has 2 aromatic rings. The van der Waals surface area contributed by atoms with Crippen LogP contribution >= 0.6 is 0 Å². The summed E-state index contributed by atoms with van der Waals surface area (Å²) in [5, 5.41) is 9.43. The normalized spacial score (nSPS) is 16.8. The number of carbonyl (C=O) groups is 2. The van der Waals surface area contributed by atoms with E-state index in [1.54, 1.807) is 6.92 Å². The van der Waals surface area contributed by atoms with Crippen LogP contribution in [0.3, 0.4) is 0 Å². The van der Waals surface area contributed by atoms with E-state index < -0.39 is 23.0 Å². The highest BCUT2D eigenvalue weighted by Crippen LogP contribution is 2.53. The molecule has 2 aromatic carbocycles. The number of hydrogen-bond acceptors (Lipinski definition) is 4. The first-order valence-corrected chi connectivity index (χ1v) is 13.6. The van der Waals surface area contributed by atoms with Gasteiger partial charge in [-0.2, -0.15) is 0 Å². The Morgan fingerprint density at radius 3 is 2.14 bits per heavy atom. The van der Waals surface area contributed by atoms with E-state index in [0.717, 1.165) is 48.8 Å². The SMILES string of the molecule is CCCCCCCCC(N)(C(=O)C1(c2ccc(C)cc2)CC1)c1ccc(CC(OCC)C(=O)O)cc1.